The fourth-order valence-electron chi connectivity index (χ4n) is 4.09. The van der Waals surface area contributed by atoms with Gasteiger partial charge in [-0.25, -0.2) is 0 Å². The Morgan fingerprint density at radius 2 is 1.77 bits per heavy atom. The molecular formula is C18H36N2O2. The number of aliphatic hydroxyl groups excluding tert-OH is 1. The van der Waals surface area contributed by atoms with Crippen LogP contribution in [0.25, 0.3) is 0 Å². The molecule has 1 saturated heterocycles. The van der Waals surface area contributed by atoms with E-state index in [1.165, 1.54) is 51.6 Å². The van der Waals surface area contributed by atoms with Crippen molar-refractivity contribution in [3.05, 3.63) is 0 Å². The highest BCUT2D eigenvalue weighted by molar-refractivity contribution is 4.85. The van der Waals surface area contributed by atoms with Gasteiger partial charge in [-0.2, -0.15) is 0 Å². The van der Waals surface area contributed by atoms with Gasteiger partial charge in [0, 0.05) is 25.2 Å². The molecule has 1 N–H and O–H groups in total. The Morgan fingerprint density at radius 1 is 1.14 bits per heavy atom. The lowest BCUT2D eigenvalue weighted by molar-refractivity contribution is 0.00739. The molecule has 0 bridgehead atoms. The van der Waals surface area contributed by atoms with Crippen molar-refractivity contribution in [1.82, 2.24) is 9.80 Å². The number of aliphatic hydroxyl groups is 1. The van der Waals surface area contributed by atoms with Gasteiger partial charge in [0.15, 0.2) is 0 Å². The SMILES string of the molecule is CCOC[C@H](O)CN(C)C1CCN(C2CCC(C)CC2)CC1. The first kappa shape index (κ1) is 18.2. The van der Waals surface area contributed by atoms with Gasteiger partial charge in [-0.15, -0.1) is 0 Å². The average molecular weight is 312 g/mol. The second kappa shape index (κ2) is 9.21. The van der Waals surface area contributed by atoms with Crippen LogP contribution in [-0.2, 0) is 4.74 Å². The van der Waals surface area contributed by atoms with Crippen LogP contribution in [0.5, 0.6) is 0 Å². The molecule has 4 nitrogen and oxygen atoms in total. The lowest BCUT2D eigenvalue weighted by Gasteiger charge is -2.42. The van der Waals surface area contributed by atoms with Crippen molar-refractivity contribution >= 4 is 0 Å². The molecule has 0 unspecified atom stereocenters. The number of piperidine rings is 1. The van der Waals surface area contributed by atoms with Crippen molar-refractivity contribution in [2.75, 3.05) is 39.9 Å². The van der Waals surface area contributed by atoms with Crippen LogP contribution in [0, 0.1) is 5.92 Å². The summed E-state index contributed by atoms with van der Waals surface area (Å²) in [5.74, 6) is 0.937. The summed E-state index contributed by atoms with van der Waals surface area (Å²) in [5.41, 5.74) is 0. The number of nitrogens with zero attached hydrogens (tertiary/aromatic N) is 2. The highest BCUT2D eigenvalue weighted by atomic mass is 16.5. The predicted molar refractivity (Wildman–Crippen MR) is 91.1 cm³/mol. The number of likely N-dealkylation sites (N-methyl/N-ethyl adjacent to an activating group) is 1. The smallest absolute Gasteiger partial charge is 0.0900 e. The zero-order valence-electron chi connectivity index (χ0n) is 14.8. The maximum Gasteiger partial charge on any atom is 0.0900 e. The highest BCUT2D eigenvalue weighted by Gasteiger charge is 2.29. The minimum atomic E-state index is -0.359. The van der Waals surface area contributed by atoms with E-state index in [-0.39, 0.29) is 6.10 Å². The van der Waals surface area contributed by atoms with Crippen molar-refractivity contribution in [2.45, 2.75) is 70.6 Å². The standard InChI is InChI=1S/C18H36N2O2/c1-4-22-14-18(21)13-19(3)16-9-11-20(12-10-16)17-7-5-15(2)6-8-17/h15-18,21H,4-14H2,1-3H3/t15?,17?,18-/m1/s1. The number of rotatable bonds is 7. The average Bonchev–Trinajstić information content (AvgIpc) is 2.54. The molecular weight excluding hydrogens is 276 g/mol. The summed E-state index contributed by atoms with van der Waals surface area (Å²) in [7, 11) is 2.15. The predicted octanol–water partition coefficient (Wildman–Crippen LogP) is 2.36. The number of hydrogen-bond acceptors (Lipinski definition) is 4. The van der Waals surface area contributed by atoms with E-state index in [1.54, 1.807) is 0 Å². The summed E-state index contributed by atoms with van der Waals surface area (Å²) in [6, 6.07) is 1.46. The molecule has 1 heterocycles. The summed E-state index contributed by atoms with van der Waals surface area (Å²) in [4.78, 5) is 5.07. The van der Waals surface area contributed by atoms with Crippen LogP contribution in [0.15, 0.2) is 0 Å². The first-order chi connectivity index (χ1) is 10.6. The van der Waals surface area contributed by atoms with Gasteiger partial charge in [0.2, 0.25) is 0 Å². The molecule has 1 atom stereocenters. The molecule has 22 heavy (non-hydrogen) atoms. The van der Waals surface area contributed by atoms with E-state index < -0.39 is 0 Å². The Balaban J connectivity index is 1.67. The minimum Gasteiger partial charge on any atom is -0.389 e. The second-order valence-electron chi connectivity index (χ2n) is 7.43. The quantitative estimate of drug-likeness (QED) is 0.783. The van der Waals surface area contributed by atoms with Gasteiger partial charge in [0.05, 0.1) is 12.7 Å². The molecule has 130 valence electrons. The molecule has 1 saturated carbocycles. The van der Waals surface area contributed by atoms with E-state index in [4.69, 9.17) is 4.74 Å². The van der Waals surface area contributed by atoms with Crippen molar-refractivity contribution < 1.29 is 9.84 Å². The molecule has 4 heteroatoms. The van der Waals surface area contributed by atoms with E-state index in [2.05, 4.69) is 23.8 Å². The number of likely N-dealkylation sites (tertiary alicyclic amines) is 1. The van der Waals surface area contributed by atoms with Crippen molar-refractivity contribution in [3.8, 4) is 0 Å². The number of hydrogen-bond donors (Lipinski definition) is 1. The zero-order valence-corrected chi connectivity index (χ0v) is 14.8. The Bertz CT molecular complexity index is 297. The third kappa shape index (κ3) is 5.48. The molecule has 1 aliphatic heterocycles. The van der Waals surface area contributed by atoms with Crippen LogP contribution in [0.3, 0.4) is 0 Å². The van der Waals surface area contributed by atoms with Crippen molar-refractivity contribution in [3.63, 3.8) is 0 Å². The molecule has 0 aromatic heterocycles. The van der Waals surface area contributed by atoms with Crippen molar-refractivity contribution in [2.24, 2.45) is 5.92 Å². The van der Waals surface area contributed by atoms with Gasteiger partial charge >= 0.3 is 0 Å². The van der Waals surface area contributed by atoms with Crippen LogP contribution in [0.4, 0.5) is 0 Å². The van der Waals surface area contributed by atoms with Crippen LogP contribution < -0.4 is 0 Å². The summed E-state index contributed by atoms with van der Waals surface area (Å²) >= 11 is 0. The topological polar surface area (TPSA) is 35.9 Å². The van der Waals surface area contributed by atoms with Gasteiger partial charge in [-0.3, -0.25) is 0 Å². The molecule has 2 fully saturated rings. The zero-order chi connectivity index (χ0) is 15.9. The lowest BCUT2D eigenvalue weighted by Crippen LogP contribution is -2.49. The molecule has 0 aromatic rings. The fraction of sp³-hybridized carbons (Fsp3) is 1.00. The van der Waals surface area contributed by atoms with E-state index in [0.29, 0.717) is 19.3 Å². The Kier molecular flexibility index (Phi) is 7.61. The summed E-state index contributed by atoms with van der Waals surface area (Å²) in [5, 5.41) is 9.98. The van der Waals surface area contributed by atoms with E-state index >= 15 is 0 Å². The Labute approximate surface area is 136 Å². The summed E-state index contributed by atoms with van der Waals surface area (Å²) < 4.78 is 5.30. The summed E-state index contributed by atoms with van der Waals surface area (Å²) in [6.45, 7) is 8.69. The van der Waals surface area contributed by atoms with Crippen LogP contribution in [0.2, 0.25) is 0 Å². The highest BCUT2D eigenvalue weighted by Crippen LogP contribution is 2.29. The monoisotopic (exact) mass is 312 g/mol. The van der Waals surface area contributed by atoms with E-state index in [9.17, 15) is 5.11 Å². The first-order valence-electron chi connectivity index (χ1n) is 9.30. The number of ether oxygens (including phenoxy) is 1. The molecule has 2 rings (SSSR count). The van der Waals surface area contributed by atoms with E-state index in [1.807, 2.05) is 6.92 Å². The molecule has 2 aliphatic rings. The maximum absolute atomic E-state index is 9.98. The third-order valence-electron chi connectivity index (χ3n) is 5.64. The molecule has 0 radical (unpaired) electrons. The largest absolute Gasteiger partial charge is 0.389 e. The van der Waals surface area contributed by atoms with Gasteiger partial charge in [0.25, 0.3) is 0 Å². The maximum atomic E-state index is 9.98. The third-order valence-corrected chi connectivity index (χ3v) is 5.64. The molecule has 0 amide bonds. The first-order valence-corrected chi connectivity index (χ1v) is 9.30. The van der Waals surface area contributed by atoms with Gasteiger partial charge in [-0.1, -0.05) is 6.92 Å². The molecule has 0 aromatic carbocycles. The minimum absolute atomic E-state index is 0.359. The molecule has 1 aliphatic carbocycles. The molecule has 0 spiro atoms. The Morgan fingerprint density at radius 3 is 2.36 bits per heavy atom. The normalized spacial score (nSPS) is 29.9. The lowest BCUT2D eigenvalue weighted by atomic mass is 9.85. The van der Waals surface area contributed by atoms with Crippen LogP contribution in [0.1, 0.15) is 52.4 Å². The van der Waals surface area contributed by atoms with Crippen LogP contribution >= 0.6 is 0 Å². The van der Waals surface area contributed by atoms with Gasteiger partial charge < -0.3 is 19.6 Å². The van der Waals surface area contributed by atoms with Gasteiger partial charge in [-0.05, 0) is 71.5 Å². The fourth-order valence-corrected chi connectivity index (χ4v) is 4.09. The van der Waals surface area contributed by atoms with E-state index in [0.717, 1.165) is 18.5 Å². The van der Waals surface area contributed by atoms with Crippen LogP contribution in [-0.4, -0.2) is 73.0 Å². The summed E-state index contributed by atoms with van der Waals surface area (Å²) in [6.07, 6.45) is 7.74. The van der Waals surface area contributed by atoms with Gasteiger partial charge in [0.1, 0.15) is 0 Å². The van der Waals surface area contributed by atoms with Crippen molar-refractivity contribution in [1.29, 1.82) is 0 Å². The second-order valence-corrected chi connectivity index (χ2v) is 7.43. The Hall–Kier alpha value is -0.160.